The molecule has 18 heavy (non-hydrogen) atoms. The second-order valence-electron chi connectivity index (χ2n) is 4.71. The fraction of sp³-hybridized carbons (Fsp3) is 0.333. The second kappa shape index (κ2) is 5.77. The summed E-state index contributed by atoms with van der Waals surface area (Å²) in [6.07, 6.45) is 1.00. The first-order valence-electron chi connectivity index (χ1n) is 5.93. The molecule has 1 atom stereocenters. The van der Waals surface area contributed by atoms with Gasteiger partial charge in [-0.25, -0.2) is 0 Å². The third kappa shape index (κ3) is 3.17. The standard InChI is InChI=1S/C15H16BrClS/c1-9-4-5-10(2)12(6-9)8-13(16)14-7-11(3)15(17)18-14/h4-7,13H,8H2,1-3H3. The van der Waals surface area contributed by atoms with E-state index in [4.69, 9.17) is 11.6 Å². The summed E-state index contributed by atoms with van der Waals surface area (Å²) in [7, 11) is 0. The van der Waals surface area contributed by atoms with Crippen molar-refractivity contribution in [1.82, 2.24) is 0 Å². The molecule has 96 valence electrons. The molecule has 2 aromatic rings. The van der Waals surface area contributed by atoms with Gasteiger partial charge >= 0.3 is 0 Å². The fourth-order valence-electron chi connectivity index (χ4n) is 1.95. The molecule has 0 fully saturated rings. The van der Waals surface area contributed by atoms with Crippen LogP contribution in [0.4, 0.5) is 0 Å². The lowest BCUT2D eigenvalue weighted by Crippen LogP contribution is -1.96. The van der Waals surface area contributed by atoms with E-state index in [9.17, 15) is 0 Å². The van der Waals surface area contributed by atoms with E-state index in [1.807, 2.05) is 0 Å². The molecule has 0 N–H and O–H groups in total. The van der Waals surface area contributed by atoms with Crippen LogP contribution in [0.15, 0.2) is 24.3 Å². The molecule has 1 unspecified atom stereocenters. The van der Waals surface area contributed by atoms with E-state index in [0.717, 1.165) is 10.8 Å². The fourth-order valence-corrected chi connectivity index (χ4v) is 3.91. The molecule has 1 aromatic carbocycles. The van der Waals surface area contributed by atoms with Crippen molar-refractivity contribution in [2.75, 3.05) is 0 Å². The van der Waals surface area contributed by atoms with Crippen LogP contribution in [0.3, 0.4) is 0 Å². The van der Waals surface area contributed by atoms with Crippen molar-refractivity contribution in [1.29, 1.82) is 0 Å². The van der Waals surface area contributed by atoms with Crippen molar-refractivity contribution in [3.63, 3.8) is 0 Å². The van der Waals surface area contributed by atoms with Crippen molar-refractivity contribution in [2.45, 2.75) is 32.0 Å². The highest BCUT2D eigenvalue weighted by Crippen LogP contribution is 2.37. The molecule has 0 aliphatic heterocycles. The highest BCUT2D eigenvalue weighted by molar-refractivity contribution is 9.09. The van der Waals surface area contributed by atoms with Gasteiger partial charge in [0, 0.05) is 4.88 Å². The van der Waals surface area contributed by atoms with Gasteiger partial charge in [0.05, 0.1) is 9.16 Å². The first-order valence-corrected chi connectivity index (χ1v) is 8.04. The van der Waals surface area contributed by atoms with Crippen LogP contribution in [0.5, 0.6) is 0 Å². The van der Waals surface area contributed by atoms with Crippen molar-refractivity contribution >= 4 is 38.9 Å². The Labute approximate surface area is 126 Å². The number of hydrogen-bond acceptors (Lipinski definition) is 1. The van der Waals surface area contributed by atoms with E-state index < -0.39 is 0 Å². The smallest absolute Gasteiger partial charge is 0.0960 e. The molecule has 0 spiro atoms. The number of alkyl halides is 1. The first-order chi connectivity index (χ1) is 8.47. The van der Waals surface area contributed by atoms with Crippen LogP contribution in [-0.2, 0) is 6.42 Å². The van der Waals surface area contributed by atoms with Gasteiger partial charge in [0.15, 0.2) is 0 Å². The summed E-state index contributed by atoms with van der Waals surface area (Å²) in [5.74, 6) is 0. The van der Waals surface area contributed by atoms with Crippen molar-refractivity contribution in [3.8, 4) is 0 Å². The monoisotopic (exact) mass is 342 g/mol. The Hall–Kier alpha value is -0.310. The molecule has 0 nitrogen and oxygen atoms in total. The third-order valence-electron chi connectivity index (χ3n) is 3.09. The van der Waals surface area contributed by atoms with E-state index in [1.165, 1.54) is 27.1 Å². The molecule has 2 rings (SSSR count). The predicted octanol–water partition coefficient (Wildman–Crippen LogP) is 6.01. The largest absolute Gasteiger partial charge is 0.127 e. The van der Waals surface area contributed by atoms with E-state index in [-0.39, 0.29) is 0 Å². The number of thiophene rings is 1. The Morgan fingerprint density at radius 2 is 1.89 bits per heavy atom. The van der Waals surface area contributed by atoms with Gasteiger partial charge in [0.2, 0.25) is 0 Å². The molecule has 0 bridgehead atoms. The summed E-state index contributed by atoms with van der Waals surface area (Å²) in [5, 5.41) is 0. The van der Waals surface area contributed by atoms with Crippen LogP contribution in [0.25, 0.3) is 0 Å². The first kappa shape index (κ1) is 14.1. The summed E-state index contributed by atoms with van der Waals surface area (Å²) in [4.78, 5) is 1.65. The molecule has 3 heteroatoms. The van der Waals surface area contributed by atoms with Crippen LogP contribution in [0.2, 0.25) is 4.34 Å². The zero-order valence-corrected chi connectivity index (χ0v) is 13.9. The van der Waals surface area contributed by atoms with Gasteiger partial charge in [0.1, 0.15) is 0 Å². The molecular formula is C15H16BrClS. The minimum Gasteiger partial charge on any atom is -0.127 e. The lowest BCUT2D eigenvalue weighted by atomic mass is 10.0. The topological polar surface area (TPSA) is 0 Å². The lowest BCUT2D eigenvalue weighted by Gasteiger charge is -2.11. The molecule has 0 saturated heterocycles. The summed E-state index contributed by atoms with van der Waals surface area (Å²) in [6.45, 7) is 6.36. The number of aryl methyl sites for hydroxylation is 3. The second-order valence-corrected chi connectivity index (χ2v) is 7.50. The summed E-state index contributed by atoms with van der Waals surface area (Å²) in [5.41, 5.74) is 5.24. The van der Waals surface area contributed by atoms with E-state index >= 15 is 0 Å². The lowest BCUT2D eigenvalue weighted by molar-refractivity contribution is 0.954. The molecule has 0 radical (unpaired) electrons. The molecular weight excluding hydrogens is 328 g/mol. The van der Waals surface area contributed by atoms with Crippen molar-refractivity contribution < 1.29 is 0 Å². The Bertz CT molecular complexity index is 540. The molecule has 0 aliphatic rings. The zero-order chi connectivity index (χ0) is 13.3. The van der Waals surface area contributed by atoms with Crippen LogP contribution in [-0.4, -0.2) is 0 Å². The molecule has 1 aromatic heterocycles. The Kier molecular flexibility index (Phi) is 4.52. The Morgan fingerprint density at radius 1 is 1.17 bits per heavy atom. The highest BCUT2D eigenvalue weighted by atomic mass is 79.9. The minimum absolute atomic E-state index is 0.342. The van der Waals surface area contributed by atoms with Gasteiger partial charge in [0.25, 0.3) is 0 Å². The maximum absolute atomic E-state index is 6.13. The summed E-state index contributed by atoms with van der Waals surface area (Å²) < 4.78 is 0.899. The Morgan fingerprint density at radius 3 is 2.50 bits per heavy atom. The molecule has 1 heterocycles. The van der Waals surface area contributed by atoms with Crippen LogP contribution in [0, 0.1) is 20.8 Å². The molecule has 0 saturated carbocycles. The number of halogens is 2. The minimum atomic E-state index is 0.342. The van der Waals surface area contributed by atoms with Gasteiger partial charge in [-0.3, -0.25) is 0 Å². The maximum atomic E-state index is 6.13. The van der Waals surface area contributed by atoms with Gasteiger partial charge in [-0.05, 0) is 49.9 Å². The van der Waals surface area contributed by atoms with Crippen LogP contribution >= 0.6 is 38.9 Å². The number of hydrogen-bond donors (Lipinski definition) is 0. The number of benzene rings is 1. The van der Waals surface area contributed by atoms with Gasteiger partial charge < -0.3 is 0 Å². The average molecular weight is 344 g/mol. The zero-order valence-electron chi connectivity index (χ0n) is 10.8. The van der Waals surface area contributed by atoms with Crippen LogP contribution < -0.4 is 0 Å². The third-order valence-corrected chi connectivity index (χ3v) is 5.88. The molecule has 0 aliphatic carbocycles. The SMILES string of the molecule is Cc1ccc(C)c(CC(Br)c2cc(C)c(Cl)s2)c1. The quantitative estimate of drug-likeness (QED) is 0.599. The van der Waals surface area contributed by atoms with Crippen LogP contribution in [0.1, 0.15) is 32.0 Å². The maximum Gasteiger partial charge on any atom is 0.0960 e. The van der Waals surface area contributed by atoms with E-state index in [0.29, 0.717) is 4.83 Å². The normalized spacial score (nSPS) is 12.7. The predicted molar refractivity (Wildman–Crippen MR) is 85.4 cm³/mol. The highest BCUT2D eigenvalue weighted by Gasteiger charge is 2.14. The van der Waals surface area contributed by atoms with Crippen molar-refractivity contribution in [2.24, 2.45) is 0 Å². The van der Waals surface area contributed by atoms with Gasteiger partial charge in [-0.2, -0.15) is 0 Å². The average Bonchev–Trinajstić information content (AvgIpc) is 2.64. The van der Waals surface area contributed by atoms with E-state index in [1.54, 1.807) is 11.3 Å². The molecule has 0 amide bonds. The van der Waals surface area contributed by atoms with Gasteiger partial charge in [-0.1, -0.05) is 51.3 Å². The Balaban J connectivity index is 2.20. The van der Waals surface area contributed by atoms with Gasteiger partial charge in [-0.15, -0.1) is 11.3 Å². The summed E-state index contributed by atoms with van der Waals surface area (Å²) in [6, 6.07) is 8.80. The van der Waals surface area contributed by atoms with E-state index in [2.05, 4.69) is 61.0 Å². The number of rotatable bonds is 3. The summed E-state index contributed by atoms with van der Waals surface area (Å²) >= 11 is 11.6. The van der Waals surface area contributed by atoms with Crippen molar-refractivity contribution in [3.05, 3.63) is 55.7 Å².